The summed E-state index contributed by atoms with van der Waals surface area (Å²) in [5, 5.41) is 11.3. The summed E-state index contributed by atoms with van der Waals surface area (Å²) < 4.78 is 37.8. The van der Waals surface area contributed by atoms with Crippen LogP contribution in [-0.2, 0) is 14.8 Å². The summed E-state index contributed by atoms with van der Waals surface area (Å²) in [6.45, 7) is 1.71. The second kappa shape index (κ2) is 7.73. The maximum Gasteiger partial charge on any atom is 0.326 e. The van der Waals surface area contributed by atoms with E-state index in [1.54, 1.807) is 19.1 Å². The average Bonchev–Trinajstić information content (AvgIpc) is 2.43. The largest absolute Gasteiger partial charge is 0.480 e. The maximum atomic E-state index is 13.6. The molecule has 3 N–H and O–H groups in total. The first kappa shape index (κ1) is 18.6. The van der Waals surface area contributed by atoms with Crippen LogP contribution in [0, 0.1) is 5.82 Å². The summed E-state index contributed by atoms with van der Waals surface area (Å²) >= 11 is 0. The normalized spacial score (nSPS) is 12.8. The number of benzene rings is 1. The van der Waals surface area contributed by atoms with Crippen molar-refractivity contribution in [2.24, 2.45) is 0 Å². The van der Waals surface area contributed by atoms with Gasteiger partial charge in [-0.15, -0.1) is 0 Å². The number of halogens is 1. The van der Waals surface area contributed by atoms with Gasteiger partial charge in [-0.1, -0.05) is 12.2 Å². The predicted molar refractivity (Wildman–Crippen MR) is 83.2 cm³/mol. The molecule has 0 spiro atoms. The van der Waals surface area contributed by atoms with Crippen LogP contribution in [0.3, 0.4) is 0 Å². The molecule has 9 heteroatoms. The van der Waals surface area contributed by atoms with Crippen LogP contribution in [0.4, 0.5) is 10.1 Å². The first-order valence-electron chi connectivity index (χ1n) is 6.56. The Hall–Kier alpha value is -2.42. The number of aliphatic carboxylic acids is 1. The van der Waals surface area contributed by atoms with Crippen LogP contribution in [0.1, 0.15) is 23.7 Å². The monoisotopic (exact) mass is 344 g/mol. The number of anilines is 1. The van der Waals surface area contributed by atoms with Crippen molar-refractivity contribution in [1.82, 2.24) is 5.32 Å². The van der Waals surface area contributed by atoms with E-state index in [9.17, 15) is 22.4 Å². The number of amides is 1. The molecular formula is C14H17FN2O5S. The standard InChI is InChI=1S/C14H17FN2O5S/c1-3-4-5-11(14(19)20)16-13(18)9-6-7-10(15)12(8-9)17-23(2,21)22/h3-4,6-8,11,17H,5H2,1-2H3,(H,16,18)(H,19,20)/b4-3+. The number of allylic oxidation sites excluding steroid dienone is 1. The van der Waals surface area contributed by atoms with Gasteiger partial charge >= 0.3 is 5.97 Å². The molecule has 0 aliphatic carbocycles. The Morgan fingerprint density at radius 3 is 2.57 bits per heavy atom. The Labute approximate surface area is 133 Å². The van der Waals surface area contributed by atoms with Gasteiger partial charge in [-0.05, 0) is 31.5 Å². The minimum atomic E-state index is -3.72. The molecule has 0 radical (unpaired) electrons. The van der Waals surface area contributed by atoms with Crippen molar-refractivity contribution >= 4 is 27.6 Å². The maximum absolute atomic E-state index is 13.6. The zero-order valence-electron chi connectivity index (χ0n) is 12.5. The molecule has 126 valence electrons. The molecule has 1 unspecified atom stereocenters. The molecule has 1 aromatic rings. The van der Waals surface area contributed by atoms with Crippen LogP contribution in [-0.4, -0.2) is 37.7 Å². The van der Waals surface area contributed by atoms with Crippen molar-refractivity contribution in [2.75, 3.05) is 11.0 Å². The van der Waals surface area contributed by atoms with Crippen LogP contribution in [0.2, 0.25) is 0 Å². The summed E-state index contributed by atoms with van der Waals surface area (Å²) in [5.74, 6) is -2.82. The molecule has 1 rings (SSSR count). The van der Waals surface area contributed by atoms with Crippen molar-refractivity contribution in [3.05, 3.63) is 41.7 Å². The highest BCUT2D eigenvalue weighted by atomic mass is 32.2. The molecule has 7 nitrogen and oxygen atoms in total. The lowest BCUT2D eigenvalue weighted by Crippen LogP contribution is -2.40. The lowest BCUT2D eigenvalue weighted by molar-refractivity contribution is -0.139. The van der Waals surface area contributed by atoms with Crippen LogP contribution < -0.4 is 10.0 Å². The highest BCUT2D eigenvalue weighted by Gasteiger charge is 2.20. The van der Waals surface area contributed by atoms with Gasteiger partial charge in [-0.2, -0.15) is 0 Å². The van der Waals surface area contributed by atoms with Gasteiger partial charge < -0.3 is 10.4 Å². The topological polar surface area (TPSA) is 113 Å². The molecule has 23 heavy (non-hydrogen) atoms. The Morgan fingerprint density at radius 1 is 1.39 bits per heavy atom. The van der Waals surface area contributed by atoms with Crippen molar-refractivity contribution in [1.29, 1.82) is 0 Å². The zero-order valence-corrected chi connectivity index (χ0v) is 13.4. The van der Waals surface area contributed by atoms with E-state index in [1.807, 2.05) is 4.72 Å². The van der Waals surface area contributed by atoms with Gasteiger partial charge in [0.05, 0.1) is 11.9 Å². The summed E-state index contributed by atoms with van der Waals surface area (Å²) in [6, 6.07) is 1.91. The molecule has 1 atom stereocenters. The average molecular weight is 344 g/mol. The molecule has 0 saturated carbocycles. The van der Waals surface area contributed by atoms with E-state index in [4.69, 9.17) is 5.11 Å². The van der Waals surface area contributed by atoms with E-state index in [0.717, 1.165) is 24.5 Å². The number of nitrogens with one attached hydrogen (secondary N) is 2. The van der Waals surface area contributed by atoms with E-state index < -0.39 is 33.8 Å². The minimum absolute atomic E-state index is 0.0655. The molecule has 0 aliphatic heterocycles. The number of carbonyl (C=O) groups excluding carboxylic acids is 1. The number of carbonyl (C=O) groups is 2. The van der Waals surface area contributed by atoms with Gasteiger partial charge in [0, 0.05) is 5.56 Å². The molecule has 0 saturated heterocycles. The Balaban J connectivity index is 2.99. The number of carboxylic acid groups (broad SMARTS) is 1. The highest BCUT2D eigenvalue weighted by Crippen LogP contribution is 2.17. The molecule has 0 heterocycles. The molecule has 0 bridgehead atoms. The third kappa shape index (κ3) is 6.07. The van der Waals surface area contributed by atoms with Gasteiger partial charge in [0.2, 0.25) is 10.0 Å². The Bertz CT molecular complexity index is 731. The molecular weight excluding hydrogens is 327 g/mol. The van der Waals surface area contributed by atoms with E-state index in [2.05, 4.69) is 5.32 Å². The number of rotatable bonds is 7. The summed E-state index contributed by atoms with van der Waals surface area (Å²) in [5.41, 5.74) is -0.454. The van der Waals surface area contributed by atoms with Crippen molar-refractivity contribution < 1.29 is 27.5 Å². The lowest BCUT2D eigenvalue weighted by atomic mass is 10.1. The SMILES string of the molecule is C/C=C/CC(NC(=O)c1ccc(F)c(NS(C)(=O)=O)c1)C(=O)O. The van der Waals surface area contributed by atoms with E-state index in [-0.39, 0.29) is 17.7 Å². The predicted octanol–water partition coefficient (Wildman–Crippen LogP) is 1.35. The second-order valence-corrected chi connectivity index (χ2v) is 6.49. The first-order chi connectivity index (χ1) is 10.6. The lowest BCUT2D eigenvalue weighted by Gasteiger charge is -2.13. The van der Waals surface area contributed by atoms with E-state index >= 15 is 0 Å². The van der Waals surface area contributed by atoms with Crippen LogP contribution in [0.15, 0.2) is 30.4 Å². The fourth-order valence-corrected chi connectivity index (χ4v) is 2.24. The smallest absolute Gasteiger partial charge is 0.326 e. The Kier molecular flexibility index (Phi) is 6.26. The second-order valence-electron chi connectivity index (χ2n) is 4.74. The van der Waals surface area contributed by atoms with Crippen LogP contribution in [0.25, 0.3) is 0 Å². The van der Waals surface area contributed by atoms with Gasteiger partial charge in [-0.3, -0.25) is 9.52 Å². The number of hydrogen-bond donors (Lipinski definition) is 3. The highest BCUT2D eigenvalue weighted by molar-refractivity contribution is 7.92. The summed E-state index contributed by atoms with van der Waals surface area (Å²) in [4.78, 5) is 23.1. The number of sulfonamides is 1. The van der Waals surface area contributed by atoms with Gasteiger partial charge in [0.25, 0.3) is 5.91 Å². The van der Waals surface area contributed by atoms with Gasteiger partial charge in [-0.25, -0.2) is 17.6 Å². The van der Waals surface area contributed by atoms with Crippen LogP contribution in [0.5, 0.6) is 0 Å². The fourth-order valence-electron chi connectivity index (χ4n) is 1.68. The van der Waals surface area contributed by atoms with E-state index in [1.165, 1.54) is 0 Å². The molecule has 1 amide bonds. The quantitative estimate of drug-likeness (QED) is 0.646. The third-order valence-corrected chi connectivity index (χ3v) is 3.33. The first-order valence-corrected chi connectivity index (χ1v) is 8.45. The number of hydrogen-bond acceptors (Lipinski definition) is 4. The molecule has 0 aliphatic rings. The molecule has 1 aromatic carbocycles. The number of carboxylic acids is 1. The fraction of sp³-hybridized carbons (Fsp3) is 0.286. The zero-order chi connectivity index (χ0) is 17.6. The van der Waals surface area contributed by atoms with Gasteiger partial charge in [0.1, 0.15) is 11.9 Å². The van der Waals surface area contributed by atoms with Crippen LogP contribution >= 0.6 is 0 Å². The molecule has 0 fully saturated rings. The molecule has 0 aromatic heterocycles. The summed E-state index contributed by atoms with van der Waals surface area (Å²) in [6.07, 6.45) is 4.17. The van der Waals surface area contributed by atoms with Crippen molar-refractivity contribution in [2.45, 2.75) is 19.4 Å². The minimum Gasteiger partial charge on any atom is -0.480 e. The summed E-state index contributed by atoms with van der Waals surface area (Å²) in [7, 11) is -3.72. The van der Waals surface area contributed by atoms with E-state index in [0.29, 0.717) is 0 Å². The van der Waals surface area contributed by atoms with Crippen molar-refractivity contribution in [3.63, 3.8) is 0 Å². The third-order valence-electron chi connectivity index (χ3n) is 2.73. The van der Waals surface area contributed by atoms with Crippen molar-refractivity contribution in [3.8, 4) is 0 Å². The Morgan fingerprint density at radius 2 is 2.04 bits per heavy atom. The van der Waals surface area contributed by atoms with Gasteiger partial charge in [0.15, 0.2) is 0 Å².